The fourth-order valence-corrected chi connectivity index (χ4v) is 3.91. The summed E-state index contributed by atoms with van der Waals surface area (Å²) in [5, 5.41) is 5.24. The molecule has 22 heavy (non-hydrogen) atoms. The van der Waals surface area contributed by atoms with Crippen LogP contribution in [0.3, 0.4) is 0 Å². The van der Waals surface area contributed by atoms with E-state index in [9.17, 15) is 4.79 Å². The van der Waals surface area contributed by atoms with Gasteiger partial charge in [0.15, 0.2) is 0 Å². The maximum absolute atomic E-state index is 12.1. The molecule has 1 aliphatic heterocycles. The Hall–Kier alpha value is -0.870. The highest BCUT2D eigenvalue weighted by molar-refractivity contribution is 7.09. The van der Waals surface area contributed by atoms with Gasteiger partial charge in [0.05, 0.1) is 0 Å². The van der Waals surface area contributed by atoms with Gasteiger partial charge in [-0.25, -0.2) is 0 Å². The van der Waals surface area contributed by atoms with Crippen molar-refractivity contribution < 1.29 is 4.79 Å². The molecule has 0 aromatic carbocycles. The quantitative estimate of drug-likeness (QED) is 0.791. The molecule has 1 unspecified atom stereocenters. The van der Waals surface area contributed by atoms with Crippen LogP contribution in [0, 0.1) is 5.92 Å². The number of piperidine rings is 1. The Morgan fingerprint density at radius 2 is 2.09 bits per heavy atom. The van der Waals surface area contributed by atoms with E-state index in [1.807, 2.05) is 6.07 Å². The van der Waals surface area contributed by atoms with Crippen molar-refractivity contribution in [3.63, 3.8) is 0 Å². The molecule has 1 aliphatic rings. The Morgan fingerprint density at radius 3 is 2.73 bits per heavy atom. The van der Waals surface area contributed by atoms with Crippen LogP contribution in [0.15, 0.2) is 17.5 Å². The van der Waals surface area contributed by atoms with E-state index in [-0.39, 0.29) is 5.91 Å². The second-order valence-electron chi connectivity index (χ2n) is 6.76. The van der Waals surface area contributed by atoms with Crippen LogP contribution >= 0.6 is 11.3 Å². The number of thiophene rings is 1. The third kappa shape index (κ3) is 6.09. The van der Waals surface area contributed by atoms with Crippen LogP contribution in [0.2, 0.25) is 0 Å². The molecule has 1 saturated heterocycles. The number of rotatable bonds is 8. The summed E-state index contributed by atoms with van der Waals surface area (Å²) in [6.07, 6.45) is 6.61. The fourth-order valence-electron chi connectivity index (χ4n) is 3.20. The van der Waals surface area contributed by atoms with Gasteiger partial charge in [-0.15, -0.1) is 11.3 Å². The minimum Gasteiger partial charge on any atom is -0.355 e. The molecule has 0 aliphatic carbocycles. The van der Waals surface area contributed by atoms with Crippen LogP contribution in [0.5, 0.6) is 0 Å². The predicted octanol–water partition coefficient (Wildman–Crippen LogP) is 3.70. The van der Waals surface area contributed by atoms with Crippen molar-refractivity contribution in [1.82, 2.24) is 10.2 Å². The summed E-state index contributed by atoms with van der Waals surface area (Å²) in [6.45, 7) is 7.75. The topological polar surface area (TPSA) is 32.3 Å². The molecule has 1 fully saturated rings. The van der Waals surface area contributed by atoms with Gasteiger partial charge in [0.1, 0.15) is 0 Å². The molecule has 1 N–H and O–H groups in total. The highest BCUT2D eigenvalue weighted by Crippen LogP contribution is 2.17. The van der Waals surface area contributed by atoms with Crippen molar-refractivity contribution in [3.05, 3.63) is 22.4 Å². The van der Waals surface area contributed by atoms with E-state index in [1.165, 1.54) is 43.6 Å². The van der Waals surface area contributed by atoms with Crippen LogP contribution in [0.1, 0.15) is 50.8 Å². The number of hydrogen-bond acceptors (Lipinski definition) is 3. The maximum Gasteiger partial charge on any atom is 0.220 e. The van der Waals surface area contributed by atoms with E-state index in [0.717, 1.165) is 13.0 Å². The fraction of sp³-hybridized carbons (Fsp3) is 0.722. The highest BCUT2D eigenvalue weighted by Gasteiger charge is 2.21. The molecule has 1 amide bonds. The summed E-state index contributed by atoms with van der Waals surface area (Å²) in [5.74, 6) is 0.870. The van der Waals surface area contributed by atoms with Gasteiger partial charge in [0.25, 0.3) is 0 Å². The molecule has 2 rings (SSSR count). The third-order valence-electron chi connectivity index (χ3n) is 4.36. The van der Waals surface area contributed by atoms with E-state index in [4.69, 9.17) is 0 Å². The smallest absolute Gasteiger partial charge is 0.220 e. The number of likely N-dealkylation sites (tertiary alicyclic amines) is 1. The van der Waals surface area contributed by atoms with Gasteiger partial charge in [0.2, 0.25) is 5.91 Å². The lowest BCUT2D eigenvalue weighted by atomic mass is 9.99. The highest BCUT2D eigenvalue weighted by atomic mass is 32.1. The van der Waals surface area contributed by atoms with Gasteiger partial charge in [-0.05, 0) is 56.1 Å². The molecule has 1 aromatic rings. The van der Waals surface area contributed by atoms with Gasteiger partial charge < -0.3 is 5.32 Å². The number of amides is 1. The molecule has 0 radical (unpaired) electrons. The predicted molar refractivity (Wildman–Crippen MR) is 94.3 cm³/mol. The van der Waals surface area contributed by atoms with E-state index >= 15 is 0 Å². The average molecular weight is 323 g/mol. The van der Waals surface area contributed by atoms with Gasteiger partial charge in [-0.2, -0.15) is 0 Å². The van der Waals surface area contributed by atoms with Gasteiger partial charge in [0, 0.05) is 23.9 Å². The normalized spacial score (nSPS) is 17.6. The lowest BCUT2D eigenvalue weighted by Crippen LogP contribution is -2.46. The minimum atomic E-state index is 0.194. The van der Waals surface area contributed by atoms with E-state index in [0.29, 0.717) is 18.4 Å². The lowest BCUT2D eigenvalue weighted by Gasteiger charge is -2.35. The Balaban J connectivity index is 1.75. The number of carbonyl (C=O) groups is 1. The molecule has 1 aromatic heterocycles. The zero-order chi connectivity index (χ0) is 15.8. The summed E-state index contributed by atoms with van der Waals surface area (Å²) >= 11 is 1.73. The molecular weight excluding hydrogens is 292 g/mol. The second kappa shape index (κ2) is 9.31. The average Bonchev–Trinajstić information content (AvgIpc) is 3.03. The van der Waals surface area contributed by atoms with Crippen molar-refractivity contribution in [3.8, 4) is 0 Å². The number of nitrogens with one attached hydrogen (secondary N) is 1. The molecule has 2 heterocycles. The number of hydrogen-bond donors (Lipinski definition) is 1. The SMILES string of the molecule is CC(C)CC(CNC(=O)CCc1cccs1)N1CCCCC1. The van der Waals surface area contributed by atoms with Crippen LogP contribution < -0.4 is 5.32 Å². The summed E-state index contributed by atoms with van der Waals surface area (Å²) < 4.78 is 0. The number of nitrogens with zero attached hydrogens (tertiary/aromatic N) is 1. The second-order valence-corrected chi connectivity index (χ2v) is 7.80. The van der Waals surface area contributed by atoms with Crippen molar-refractivity contribution in [2.45, 2.75) is 58.4 Å². The third-order valence-corrected chi connectivity index (χ3v) is 5.30. The van der Waals surface area contributed by atoms with Crippen LogP contribution in [-0.4, -0.2) is 36.5 Å². The summed E-state index contributed by atoms with van der Waals surface area (Å²) in [7, 11) is 0. The monoisotopic (exact) mass is 322 g/mol. The molecule has 124 valence electrons. The van der Waals surface area contributed by atoms with Crippen LogP contribution in [0.25, 0.3) is 0 Å². The van der Waals surface area contributed by atoms with E-state index in [2.05, 4.69) is 35.5 Å². The number of carbonyl (C=O) groups excluding carboxylic acids is 1. The Labute approximate surface area is 139 Å². The summed E-state index contributed by atoms with van der Waals surface area (Å²) in [6, 6.07) is 4.66. The molecule has 1 atom stereocenters. The molecule has 0 bridgehead atoms. The standard InChI is InChI=1S/C18H30N2OS/c1-15(2)13-16(20-10-4-3-5-11-20)14-19-18(21)9-8-17-7-6-12-22-17/h6-7,12,15-16H,3-5,8-11,13-14H2,1-2H3,(H,19,21). The van der Waals surface area contributed by atoms with Crippen molar-refractivity contribution in [2.75, 3.05) is 19.6 Å². The first kappa shape index (κ1) is 17.5. The first-order valence-corrected chi connectivity index (χ1v) is 9.56. The first-order chi connectivity index (χ1) is 10.6. The Morgan fingerprint density at radius 1 is 1.32 bits per heavy atom. The minimum absolute atomic E-state index is 0.194. The zero-order valence-corrected chi connectivity index (χ0v) is 14.8. The van der Waals surface area contributed by atoms with Gasteiger partial charge in [-0.3, -0.25) is 9.69 Å². The van der Waals surface area contributed by atoms with Gasteiger partial charge in [-0.1, -0.05) is 26.3 Å². The van der Waals surface area contributed by atoms with Crippen LogP contribution in [-0.2, 0) is 11.2 Å². The van der Waals surface area contributed by atoms with Crippen molar-refractivity contribution in [2.24, 2.45) is 5.92 Å². The Kier molecular flexibility index (Phi) is 7.40. The number of aryl methyl sites for hydroxylation is 1. The van der Waals surface area contributed by atoms with Gasteiger partial charge >= 0.3 is 0 Å². The lowest BCUT2D eigenvalue weighted by molar-refractivity contribution is -0.121. The molecular formula is C18H30N2OS. The van der Waals surface area contributed by atoms with Crippen molar-refractivity contribution >= 4 is 17.2 Å². The zero-order valence-electron chi connectivity index (χ0n) is 14.0. The molecule has 3 nitrogen and oxygen atoms in total. The van der Waals surface area contributed by atoms with E-state index in [1.54, 1.807) is 11.3 Å². The molecule has 0 saturated carbocycles. The first-order valence-electron chi connectivity index (χ1n) is 8.68. The molecule has 0 spiro atoms. The maximum atomic E-state index is 12.1. The summed E-state index contributed by atoms with van der Waals surface area (Å²) in [5.41, 5.74) is 0. The summed E-state index contributed by atoms with van der Waals surface area (Å²) in [4.78, 5) is 16.0. The van der Waals surface area contributed by atoms with E-state index < -0.39 is 0 Å². The van der Waals surface area contributed by atoms with Crippen LogP contribution in [0.4, 0.5) is 0 Å². The van der Waals surface area contributed by atoms with Crippen molar-refractivity contribution in [1.29, 1.82) is 0 Å². The molecule has 4 heteroatoms. The Bertz CT molecular complexity index is 424. The largest absolute Gasteiger partial charge is 0.355 e.